The van der Waals surface area contributed by atoms with Crippen LogP contribution in [0, 0.1) is 13.8 Å². The Morgan fingerprint density at radius 1 is 1.47 bits per heavy atom. The molecule has 1 unspecified atom stereocenters. The van der Waals surface area contributed by atoms with Gasteiger partial charge in [-0.3, -0.25) is 0 Å². The third kappa shape index (κ3) is 5.57. The summed E-state index contributed by atoms with van der Waals surface area (Å²) in [5.74, 6) is 0. The van der Waals surface area contributed by atoms with E-state index in [1.54, 1.807) is 11.3 Å². The third-order valence-electron chi connectivity index (χ3n) is 3.00. The number of aliphatic hydroxyl groups is 1. The molecule has 0 saturated heterocycles. The Morgan fingerprint density at radius 2 is 2.21 bits per heavy atom. The number of rotatable bonds is 7. The van der Waals surface area contributed by atoms with Crippen LogP contribution in [0.3, 0.4) is 0 Å². The highest BCUT2D eigenvalue weighted by Crippen LogP contribution is 2.16. The fourth-order valence-electron chi connectivity index (χ4n) is 1.70. The van der Waals surface area contributed by atoms with E-state index in [2.05, 4.69) is 22.5 Å². The summed E-state index contributed by atoms with van der Waals surface area (Å²) in [6.45, 7) is 6.71. The van der Waals surface area contributed by atoms with E-state index in [4.69, 9.17) is 5.11 Å². The highest BCUT2D eigenvalue weighted by molar-refractivity contribution is 7.11. The molecule has 0 aliphatic rings. The van der Waals surface area contributed by atoms with Crippen LogP contribution in [0.4, 0.5) is 4.79 Å². The number of nitrogens with one attached hydrogen (secondary N) is 2. The quantitative estimate of drug-likeness (QED) is 0.714. The summed E-state index contributed by atoms with van der Waals surface area (Å²) in [6, 6.07) is -0.139. The molecule has 1 aromatic rings. The van der Waals surface area contributed by atoms with Crippen LogP contribution in [-0.2, 0) is 6.42 Å². The molecule has 0 aliphatic heterocycles. The fraction of sp³-hybridized carbons (Fsp3) is 0.692. The molecule has 2 amide bonds. The SMILES string of the molecule is CCC(CCO)NC(=O)NCCc1nc(C)c(C)s1. The normalized spacial score (nSPS) is 12.2. The minimum Gasteiger partial charge on any atom is -0.396 e. The van der Waals surface area contributed by atoms with E-state index >= 15 is 0 Å². The van der Waals surface area contributed by atoms with Gasteiger partial charge in [0.25, 0.3) is 0 Å². The zero-order chi connectivity index (χ0) is 14.3. The maximum atomic E-state index is 11.6. The zero-order valence-corrected chi connectivity index (χ0v) is 12.6. The summed E-state index contributed by atoms with van der Waals surface area (Å²) < 4.78 is 0. The number of nitrogens with zero attached hydrogens (tertiary/aromatic N) is 1. The monoisotopic (exact) mass is 285 g/mol. The molecule has 0 aromatic carbocycles. The summed E-state index contributed by atoms with van der Waals surface area (Å²) in [6.07, 6.45) is 2.16. The number of hydrogen-bond donors (Lipinski definition) is 3. The van der Waals surface area contributed by atoms with E-state index in [0.29, 0.717) is 13.0 Å². The predicted molar refractivity (Wildman–Crippen MR) is 77.6 cm³/mol. The van der Waals surface area contributed by atoms with Crippen LogP contribution in [-0.4, -0.2) is 35.3 Å². The van der Waals surface area contributed by atoms with Crippen LogP contribution in [0.2, 0.25) is 0 Å². The maximum Gasteiger partial charge on any atom is 0.315 e. The molecule has 6 heteroatoms. The first-order chi connectivity index (χ1) is 9.06. The standard InChI is InChI=1S/C13H23N3O2S/c1-4-11(6-8-17)16-13(18)14-7-5-12-15-9(2)10(3)19-12/h11,17H,4-8H2,1-3H3,(H2,14,16,18). The molecule has 0 fully saturated rings. The van der Waals surface area contributed by atoms with Crippen LogP contribution in [0.15, 0.2) is 0 Å². The largest absolute Gasteiger partial charge is 0.396 e. The molecule has 0 radical (unpaired) electrons. The molecule has 3 N–H and O–H groups in total. The zero-order valence-electron chi connectivity index (χ0n) is 11.8. The van der Waals surface area contributed by atoms with E-state index in [1.807, 2.05) is 13.8 Å². The second kappa shape index (κ2) is 8.12. The summed E-state index contributed by atoms with van der Waals surface area (Å²) in [7, 11) is 0. The van der Waals surface area contributed by atoms with Crippen molar-refractivity contribution in [3.63, 3.8) is 0 Å². The van der Waals surface area contributed by atoms with Crippen LogP contribution in [0.1, 0.15) is 35.3 Å². The van der Waals surface area contributed by atoms with Crippen LogP contribution in [0.25, 0.3) is 0 Å². The summed E-state index contributed by atoms with van der Waals surface area (Å²) in [5, 5.41) is 15.6. The molecular formula is C13H23N3O2S. The van der Waals surface area contributed by atoms with Crippen molar-refractivity contribution in [2.24, 2.45) is 0 Å². The fourth-order valence-corrected chi connectivity index (χ4v) is 2.63. The molecule has 1 heterocycles. The Labute approximate surface area is 118 Å². The van der Waals surface area contributed by atoms with Crippen molar-refractivity contribution in [3.05, 3.63) is 15.6 Å². The molecule has 0 spiro atoms. The molecular weight excluding hydrogens is 262 g/mol. The number of hydrogen-bond acceptors (Lipinski definition) is 4. The van der Waals surface area contributed by atoms with E-state index < -0.39 is 0 Å². The summed E-state index contributed by atoms with van der Waals surface area (Å²) in [5.41, 5.74) is 1.07. The van der Waals surface area contributed by atoms with Crippen molar-refractivity contribution in [2.45, 2.75) is 46.1 Å². The van der Waals surface area contributed by atoms with E-state index in [1.165, 1.54) is 4.88 Å². The summed E-state index contributed by atoms with van der Waals surface area (Å²) >= 11 is 1.68. The number of amides is 2. The maximum absolute atomic E-state index is 11.6. The van der Waals surface area contributed by atoms with Gasteiger partial charge in [-0.1, -0.05) is 6.92 Å². The Hall–Kier alpha value is -1.14. The van der Waals surface area contributed by atoms with Gasteiger partial charge in [-0.15, -0.1) is 11.3 Å². The van der Waals surface area contributed by atoms with Gasteiger partial charge in [0.15, 0.2) is 0 Å². The number of thiazole rings is 1. The Kier molecular flexibility index (Phi) is 6.80. The van der Waals surface area contributed by atoms with Gasteiger partial charge in [0, 0.05) is 30.5 Å². The van der Waals surface area contributed by atoms with Crippen molar-refractivity contribution >= 4 is 17.4 Å². The van der Waals surface area contributed by atoms with Crippen molar-refractivity contribution in [1.29, 1.82) is 0 Å². The number of aliphatic hydroxyl groups excluding tert-OH is 1. The van der Waals surface area contributed by atoms with Gasteiger partial charge in [0.1, 0.15) is 0 Å². The molecule has 0 aliphatic carbocycles. The first-order valence-corrected chi connectivity index (χ1v) is 7.46. The Morgan fingerprint density at radius 3 is 2.74 bits per heavy atom. The number of carbonyl (C=O) groups is 1. The van der Waals surface area contributed by atoms with Gasteiger partial charge in [0.2, 0.25) is 0 Å². The van der Waals surface area contributed by atoms with Gasteiger partial charge in [-0.05, 0) is 26.7 Å². The van der Waals surface area contributed by atoms with Crippen molar-refractivity contribution in [2.75, 3.05) is 13.2 Å². The van der Waals surface area contributed by atoms with Crippen LogP contribution >= 0.6 is 11.3 Å². The molecule has 5 nitrogen and oxygen atoms in total. The Bertz CT molecular complexity index is 387. The lowest BCUT2D eigenvalue weighted by molar-refractivity contribution is 0.228. The van der Waals surface area contributed by atoms with Crippen molar-refractivity contribution < 1.29 is 9.90 Å². The number of urea groups is 1. The highest BCUT2D eigenvalue weighted by Gasteiger charge is 2.09. The molecule has 1 rings (SSSR count). The van der Waals surface area contributed by atoms with Gasteiger partial charge >= 0.3 is 6.03 Å². The lowest BCUT2D eigenvalue weighted by Crippen LogP contribution is -2.42. The van der Waals surface area contributed by atoms with Gasteiger partial charge in [-0.2, -0.15) is 0 Å². The van der Waals surface area contributed by atoms with Gasteiger partial charge in [-0.25, -0.2) is 9.78 Å². The first-order valence-electron chi connectivity index (χ1n) is 6.65. The number of aryl methyl sites for hydroxylation is 2. The molecule has 1 atom stereocenters. The number of aromatic nitrogens is 1. The molecule has 0 saturated carbocycles. The molecule has 108 valence electrons. The lowest BCUT2D eigenvalue weighted by Gasteiger charge is -2.16. The minimum atomic E-state index is -0.176. The third-order valence-corrected chi connectivity index (χ3v) is 4.14. The van der Waals surface area contributed by atoms with Gasteiger partial charge < -0.3 is 15.7 Å². The van der Waals surface area contributed by atoms with Crippen molar-refractivity contribution in [3.8, 4) is 0 Å². The highest BCUT2D eigenvalue weighted by atomic mass is 32.1. The first kappa shape index (κ1) is 15.9. The second-order valence-corrected chi connectivity index (χ2v) is 5.80. The minimum absolute atomic E-state index is 0.0364. The average Bonchev–Trinajstić information content (AvgIpc) is 2.68. The average molecular weight is 285 g/mol. The van der Waals surface area contributed by atoms with E-state index in [0.717, 1.165) is 23.5 Å². The van der Waals surface area contributed by atoms with E-state index in [9.17, 15) is 4.79 Å². The van der Waals surface area contributed by atoms with Gasteiger partial charge in [0.05, 0.1) is 10.7 Å². The lowest BCUT2D eigenvalue weighted by atomic mass is 10.2. The molecule has 1 aromatic heterocycles. The second-order valence-electron chi connectivity index (χ2n) is 4.52. The van der Waals surface area contributed by atoms with E-state index in [-0.39, 0.29) is 18.7 Å². The number of carbonyl (C=O) groups excluding carboxylic acids is 1. The summed E-state index contributed by atoms with van der Waals surface area (Å²) in [4.78, 5) is 17.3. The molecule has 19 heavy (non-hydrogen) atoms. The van der Waals surface area contributed by atoms with Crippen LogP contribution in [0.5, 0.6) is 0 Å². The molecule has 0 bridgehead atoms. The van der Waals surface area contributed by atoms with Crippen LogP contribution < -0.4 is 10.6 Å². The predicted octanol–water partition coefficient (Wildman–Crippen LogP) is 1.76. The van der Waals surface area contributed by atoms with Crippen molar-refractivity contribution in [1.82, 2.24) is 15.6 Å². The smallest absolute Gasteiger partial charge is 0.315 e. The Balaban J connectivity index is 2.26. The topological polar surface area (TPSA) is 74.2 Å².